The Bertz CT molecular complexity index is 845. The Balaban J connectivity index is 0.000000246. The van der Waals surface area contributed by atoms with Crippen LogP contribution >= 0.6 is 0 Å². The van der Waals surface area contributed by atoms with E-state index in [1.54, 1.807) is 5.56 Å². The third-order valence-corrected chi connectivity index (χ3v) is 6.67. The number of aromatic nitrogens is 1. The van der Waals surface area contributed by atoms with Crippen molar-refractivity contribution < 1.29 is 31.0 Å². The third-order valence-electron chi connectivity index (χ3n) is 6.67. The molecule has 150 valence electrons. The summed E-state index contributed by atoms with van der Waals surface area (Å²) in [5.74, 6) is -0.0625. The minimum Gasteiger partial charge on any atom is -0.512 e. The van der Waals surface area contributed by atoms with Gasteiger partial charge in [0.25, 0.3) is 0 Å². The summed E-state index contributed by atoms with van der Waals surface area (Å²) in [6.45, 7) is 2.85. The van der Waals surface area contributed by atoms with E-state index in [1.807, 2.05) is 12.3 Å². The van der Waals surface area contributed by atoms with Crippen molar-refractivity contribution in [1.29, 1.82) is 0 Å². The minimum atomic E-state index is -0.125. The predicted octanol–water partition coefficient (Wildman–Crippen LogP) is 5.44. The minimum absolute atomic E-state index is 0. The Morgan fingerprint density at radius 3 is 2.25 bits per heavy atom. The number of fused-ring (bicyclic) bond motifs is 3. The molecule has 0 unspecified atom stereocenters. The fraction of sp³-hybridized carbons (Fsp3) is 0.417. The van der Waals surface area contributed by atoms with Gasteiger partial charge in [-0.25, -0.2) is 0 Å². The number of benzene rings is 1. The van der Waals surface area contributed by atoms with Gasteiger partial charge in [0, 0.05) is 33.3 Å². The molecule has 1 aromatic heterocycles. The van der Waals surface area contributed by atoms with E-state index < -0.39 is 0 Å². The van der Waals surface area contributed by atoms with Gasteiger partial charge in [0.2, 0.25) is 0 Å². The molecule has 3 aliphatic carbocycles. The molecule has 28 heavy (non-hydrogen) atoms. The molecule has 4 heteroatoms. The van der Waals surface area contributed by atoms with Crippen LogP contribution in [0.5, 0.6) is 0 Å². The van der Waals surface area contributed by atoms with Crippen LogP contribution in [0.4, 0.5) is 0 Å². The molecule has 1 aromatic carbocycles. The molecule has 0 atom stereocenters. The number of hydrogen-bond acceptors (Lipinski definition) is 3. The van der Waals surface area contributed by atoms with Crippen LogP contribution in [0.3, 0.4) is 0 Å². The van der Waals surface area contributed by atoms with Crippen LogP contribution in [-0.4, -0.2) is 15.9 Å². The quantitative estimate of drug-likeness (QED) is 0.290. The van der Waals surface area contributed by atoms with Crippen molar-refractivity contribution in [2.24, 2.45) is 0 Å². The van der Waals surface area contributed by atoms with Gasteiger partial charge in [-0.05, 0) is 49.3 Å². The maximum atomic E-state index is 10.0. The van der Waals surface area contributed by atoms with Crippen LogP contribution in [0.25, 0.3) is 11.3 Å². The average molecular weight is 556 g/mol. The second kappa shape index (κ2) is 7.95. The second-order valence-corrected chi connectivity index (χ2v) is 8.13. The molecule has 2 fully saturated rings. The van der Waals surface area contributed by atoms with E-state index in [9.17, 15) is 4.79 Å². The maximum absolute atomic E-state index is 10.0. The van der Waals surface area contributed by atoms with Crippen LogP contribution in [0.1, 0.15) is 63.5 Å². The standard InChI is InChI=1S/C19H18N.C5H8O2.Pt/c1-2-7-15-14(6-1)17-16(8-3-13-20-17)19-11-4-9-18(15,19)10-5-12-19;1-4(6)3-5(2)7;/h1-3,7-8,13H,4-5,9-12H2;3,6H,1-2H3;/q-1;;. The zero-order chi connectivity index (χ0) is 19.1. The van der Waals surface area contributed by atoms with Crippen LogP contribution < -0.4 is 0 Å². The summed E-state index contributed by atoms with van der Waals surface area (Å²) in [5.41, 5.74) is 6.31. The Morgan fingerprint density at radius 1 is 1.07 bits per heavy atom. The van der Waals surface area contributed by atoms with Gasteiger partial charge in [-0.3, -0.25) is 4.79 Å². The van der Waals surface area contributed by atoms with Crippen molar-refractivity contribution in [3.8, 4) is 11.3 Å². The molecule has 3 aliphatic rings. The first-order valence-electron chi connectivity index (χ1n) is 9.85. The van der Waals surface area contributed by atoms with E-state index in [0.29, 0.717) is 10.8 Å². The molecule has 0 saturated heterocycles. The van der Waals surface area contributed by atoms with Crippen LogP contribution in [0, 0.1) is 6.07 Å². The van der Waals surface area contributed by atoms with Crippen LogP contribution in [-0.2, 0) is 36.7 Å². The molecule has 1 N–H and O–H groups in total. The van der Waals surface area contributed by atoms with Crippen molar-refractivity contribution >= 4 is 5.78 Å². The van der Waals surface area contributed by atoms with Gasteiger partial charge in [0.05, 0.1) is 5.76 Å². The number of aliphatic hydroxyl groups is 1. The first-order chi connectivity index (χ1) is 13.0. The van der Waals surface area contributed by atoms with Gasteiger partial charge in [-0.2, -0.15) is 0 Å². The summed E-state index contributed by atoms with van der Waals surface area (Å²) in [6, 6.07) is 14.5. The van der Waals surface area contributed by atoms with Crippen molar-refractivity contribution in [2.45, 2.75) is 63.2 Å². The van der Waals surface area contributed by atoms with E-state index in [4.69, 9.17) is 10.1 Å². The SMILES string of the molecule is CC(=O)C=C(C)O.[Pt].[c-]1cccc2c1-c1ncccc1C13CCCC21CCC3. The number of ketones is 1. The van der Waals surface area contributed by atoms with Gasteiger partial charge in [-0.1, -0.05) is 37.3 Å². The number of allylic oxidation sites excluding steroid dienone is 2. The number of pyridine rings is 1. The fourth-order valence-electron chi connectivity index (χ4n) is 5.96. The molecule has 0 amide bonds. The van der Waals surface area contributed by atoms with Crippen molar-refractivity contribution in [2.75, 3.05) is 0 Å². The van der Waals surface area contributed by atoms with Gasteiger partial charge in [0.1, 0.15) is 0 Å². The third kappa shape index (κ3) is 3.08. The molecule has 2 aromatic rings. The first-order valence-corrected chi connectivity index (χ1v) is 9.85. The van der Waals surface area contributed by atoms with Gasteiger partial charge < -0.3 is 10.1 Å². The molecule has 0 aliphatic heterocycles. The number of carbonyl (C=O) groups is 1. The fourth-order valence-corrected chi connectivity index (χ4v) is 5.96. The van der Waals surface area contributed by atoms with Gasteiger partial charge >= 0.3 is 0 Å². The molecule has 2 saturated carbocycles. The zero-order valence-corrected chi connectivity index (χ0v) is 18.7. The molecule has 5 rings (SSSR count). The van der Waals surface area contributed by atoms with Crippen LogP contribution in [0.15, 0.2) is 48.4 Å². The van der Waals surface area contributed by atoms with E-state index >= 15 is 0 Å². The van der Waals surface area contributed by atoms with Crippen LogP contribution in [0.2, 0.25) is 0 Å². The Labute approximate surface area is 181 Å². The number of hydrogen-bond donors (Lipinski definition) is 1. The van der Waals surface area contributed by atoms with Gasteiger partial charge in [-0.15, -0.1) is 35.4 Å². The number of carbonyl (C=O) groups excluding carboxylic acids is 1. The Kier molecular flexibility index (Phi) is 5.96. The summed E-state index contributed by atoms with van der Waals surface area (Å²) in [6.07, 6.45) is 11.2. The summed E-state index contributed by atoms with van der Waals surface area (Å²) in [7, 11) is 0. The summed E-state index contributed by atoms with van der Waals surface area (Å²) < 4.78 is 0. The smallest absolute Gasteiger partial charge is 0.155 e. The van der Waals surface area contributed by atoms with Crippen molar-refractivity contribution in [1.82, 2.24) is 4.98 Å². The topological polar surface area (TPSA) is 50.2 Å². The maximum Gasteiger partial charge on any atom is 0.155 e. The second-order valence-electron chi connectivity index (χ2n) is 8.13. The van der Waals surface area contributed by atoms with E-state index in [-0.39, 0.29) is 32.6 Å². The number of rotatable bonds is 1. The summed E-state index contributed by atoms with van der Waals surface area (Å²) >= 11 is 0. The van der Waals surface area contributed by atoms with Crippen molar-refractivity contribution in [3.63, 3.8) is 0 Å². The monoisotopic (exact) mass is 555 g/mol. The number of aliphatic hydroxyl groups excluding tert-OH is 1. The summed E-state index contributed by atoms with van der Waals surface area (Å²) in [4.78, 5) is 14.8. The molecule has 0 spiro atoms. The normalized spacial score (nSPS) is 26.6. The molecular formula is C24H26NO2Pt-. The first kappa shape index (κ1) is 21.0. The Morgan fingerprint density at radius 2 is 1.68 bits per heavy atom. The van der Waals surface area contributed by atoms with E-state index in [0.717, 1.165) is 0 Å². The van der Waals surface area contributed by atoms with E-state index in [2.05, 4.69) is 30.3 Å². The average Bonchev–Trinajstić information content (AvgIpc) is 3.19. The Hall–Kier alpha value is -1.73. The molecule has 3 nitrogen and oxygen atoms in total. The summed E-state index contributed by atoms with van der Waals surface area (Å²) in [5, 5.41) is 8.36. The molecule has 1 heterocycles. The van der Waals surface area contributed by atoms with E-state index in [1.165, 1.54) is 75.3 Å². The molecule has 0 radical (unpaired) electrons. The number of nitrogens with zero attached hydrogens (tertiary/aromatic N) is 1. The van der Waals surface area contributed by atoms with Crippen molar-refractivity contribution in [3.05, 3.63) is 65.6 Å². The zero-order valence-electron chi connectivity index (χ0n) is 16.4. The molecule has 0 bridgehead atoms. The largest absolute Gasteiger partial charge is 0.512 e. The molecular weight excluding hydrogens is 529 g/mol. The van der Waals surface area contributed by atoms with Gasteiger partial charge in [0.15, 0.2) is 5.78 Å². The predicted molar refractivity (Wildman–Crippen MR) is 107 cm³/mol.